The highest BCUT2D eigenvalue weighted by Crippen LogP contribution is 2.23. The van der Waals surface area contributed by atoms with Crippen molar-refractivity contribution in [2.45, 2.75) is 13.2 Å². The number of aliphatic hydroxyl groups is 1. The molecular formula is C13H13BrN2O3. The van der Waals surface area contributed by atoms with Crippen LogP contribution in [0.2, 0.25) is 0 Å². The van der Waals surface area contributed by atoms with Crippen LogP contribution in [-0.2, 0) is 13.2 Å². The number of pyridine rings is 2. The fraction of sp³-hybridized carbons (Fsp3) is 0.231. The monoisotopic (exact) mass is 324 g/mol. The zero-order chi connectivity index (χ0) is 13.7. The quantitative estimate of drug-likeness (QED) is 0.855. The Balaban J connectivity index is 2.13. The van der Waals surface area contributed by atoms with E-state index in [1.807, 2.05) is 12.1 Å². The molecule has 19 heavy (non-hydrogen) atoms. The van der Waals surface area contributed by atoms with Crippen LogP contribution in [0.25, 0.3) is 0 Å². The lowest BCUT2D eigenvalue weighted by Crippen LogP contribution is -2.01. The highest BCUT2D eigenvalue weighted by molar-refractivity contribution is 9.10. The van der Waals surface area contributed by atoms with E-state index in [9.17, 15) is 5.11 Å². The Morgan fingerprint density at radius 1 is 1.32 bits per heavy atom. The summed E-state index contributed by atoms with van der Waals surface area (Å²) >= 11 is 3.35. The van der Waals surface area contributed by atoms with Gasteiger partial charge < -0.3 is 14.6 Å². The van der Waals surface area contributed by atoms with Crippen molar-refractivity contribution in [2.24, 2.45) is 0 Å². The molecule has 2 aromatic heterocycles. The first-order valence-corrected chi connectivity index (χ1v) is 6.40. The molecule has 0 radical (unpaired) electrons. The minimum absolute atomic E-state index is 0.136. The van der Waals surface area contributed by atoms with E-state index in [1.54, 1.807) is 12.3 Å². The Labute approximate surface area is 119 Å². The smallest absolute Gasteiger partial charge is 0.213 e. The SMILES string of the molecule is COc1cc(CO)c(OCc2cccnc2Br)cn1. The van der Waals surface area contributed by atoms with E-state index in [-0.39, 0.29) is 6.61 Å². The van der Waals surface area contributed by atoms with Crippen molar-refractivity contribution in [2.75, 3.05) is 7.11 Å². The molecule has 0 saturated heterocycles. The van der Waals surface area contributed by atoms with Gasteiger partial charge in [0.2, 0.25) is 5.88 Å². The second-order valence-corrected chi connectivity index (χ2v) is 4.49. The molecule has 100 valence electrons. The van der Waals surface area contributed by atoms with Gasteiger partial charge in [-0.1, -0.05) is 6.07 Å². The van der Waals surface area contributed by atoms with Gasteiger partial charge in [0, 0.05) is 23.4 Å². The fourth-order valence-corrected chi connectivity index (χ4v) is 1.88. The number of halogens is 1. The van der Waals surface area contributed by atoms with Crippen LogP contribution in [0.5, 0.6) is 11.6 Å². The van der Waals surface area contributed by atoms with Crippen LogP contribution < -0.4 is 9.47 Å². The summed E-state index contributed by atoms with van der Waals surface area (Å²) in [6.07, 6.45) is 3.23. The van der Waals surface area contributed by atoms with E-state index >= 15 is 0 Å². The van der Waals surface area contributed by atoms with Crippen molar-refractivity contribution in [3.63, 3.8) is 0 Å². The van der Waals surface area contributed by atoms with Gasteiger partial charge >= 0.3 is 0 Å². The third-order valence-electron chi connectivity index (χ3n) is 2.52. The summed E-state index contributed by atoms with van der Waals surface area (Å²) in [4.78, 5) is 8.17. The summed E-state index contributed by atoms with van der Waals surface area (Å²) in [7, 11) is 1.52. The molecule has 6 heteroatoms. The third kappa shape index (κ3) is 3.42. The van der Waals surface area contributed by atoms with Gasteiger partial charge in [-0.2, -0.15) is 0 Å². The lowest BCUT2D eigenvalue weighted by molar-refractivity contribution is 0.256. The second-order valence-electron chi connectivity index (χ2n) is 3.73. The first-order chi connectivity index (χ1) is 9.24. The topological polar surface area (TPSA) is 64.5 Å². The van der Waals surface area contributed by atoms with E-state index in [2.05, 4.69) is 25.9 Å². The summed E-state index contributed by atoms with van der Waals surface area (Å²) in [5, 5.41) is 9.31. The van der Waals surface area contributed by atoms with Crippen molar-refractivity contribution < 1.29 is 14.6 Å². The maximum absolute atomic E-state index is 9.31. The van der Waals surface area contributed by atoms with Gasteiger partial charge in [-0.15, -0.1) is 0 Å². The number of nitrogens with zero attached hydrogens (tertiary/aromatic N) is 2. The summed E-state index contributed by atoms with van der Waals surface area (Å²) in [6.45, 7) is 0.206. The standard InChI is InChI=1S/C13H13BrN2O3/c1-18-12-5-10(7-17)11(6-16-12)19-8-9-3-2-4-15-13(9)14/h2-6,17H,7-8H2,1H3. The molecule has 0 unspecified atom stereocenters. The molecule has 2 rings (SSSR count). The van der Waals surface area contributed by atoms with E-state index < -0.39 is 0 Å². The number of hydrogen-bond donors (Lipinski definition) is 1. The molecule has 0 spiro atoms. The van der Waals surface area contributed by atoms with Gasteiger partial charge in [-0.05, 0) is 22.0 Å². The number of aromatic nitrogens is 2. The van der Waals surface area contributed by atoms with Gasteiger partial charge in [-0.25, -0.2) is 9.97 Å². The van der Waals surface area contributed by atoms with E-state index in [4.69, 9.17) is 9.47 Å². The van der Waals surface area contributed by atoms with Gasteiger partial charge in [0.05, 0.1) is 19.9 Å². The van der Waals surface area contributed by atoms with Gasteiger partial charge in [0.15, 0.2) is 0 Å². The number of methoxy groups -OCH3 is 1. The van der Waals surface area contributed by atoms with Crippen molar-refractivity contribution in [1.82, 2.24) is 9.97 Å². The molecule has 0 aliphatic heterocycles. The minimum atomic E-state index is -0.136. The lowest BCUT2D eigenvalue weighted by atomic mass is 10.2. The van der Waals surface area contributed by atoms with Gasteiger partial charge in [0.1, 0.15) is 17.0 Å². The molecule has 0 fully saturated rings. The first-order valence-electron chi connectivity index (χ1n) is 5.60. The van der Waals surface area contributed by atoms with Crippen LogP contribution in [0.3, 0.4) is 0 Å². The molecule has 1 N–H and O–H groups in total. The predicted molar refractivity (Wildman–Crippen MR) is 73.0 cm³/mol. The van der Waals surface area contributed by atoms with Crippen LogP contribution in [0, 0.1) is 0 Å². The Morgan fingerprint density at radius 3 is 2.84 bits per heavy atom. The highest BCUT2D eigenvalue weighted by Gasteiger charge is 2.08. The summed E-state index contributed by atoms with van der Waals surface area (Å²) < 4.78 is 11.4. The number of ether oxygens (including phenoxy) is 2. The molecule has 2 heterocycles. The molecular weight excluding hydrogens is 312 g/mol. The zero-order valence-corrected chi connectivity index (χ0v) is 11.9. The molecule has 0 amide bonds. The summed E-state index contributed by atoms with van der Waals surface area (Å²) in [5.41, 5.74) is 1.55. The molecule has 0 aliphatic rings. The summed E-state index contributed by atoms with van der Waals surface area (Å²) in [6, 6.07) is 5.39. The molecule has 0 bridgehead atoms. The average Bonchev–Trinajstić information content (AvgIpc) is 2.46. The first kappa shape index (κ1) is 13.8. The van der Waals surface area contributed by atoms with Crippen LogP contribution in [-0.4, -0.2) is 22.2 Å². The Hall–Kier alpha value is -1.66. The Bertz CT molecular complexity index is 563. The van der Waals surface area contributed by atoms with Crippen molar-refractivity contribution in [3.05, 3.63) is 46.3 Å². The zero-order valence-electron chi connectivity index (χ0n) is 10.3. The Morgan fingerprint density at radius 2 is 2.16 bits per heavy atom. The number of hydrogen-bond acceptors (Lipinski definition) is 5. The maximum atomic E-state index is 9.31. The maximum Gasteiger partial charge on any atom is 0.213 e. The Kier molecular flexibility index (Phi) is 4.70. The number of rotatable bonds is 5. The molecule has 0 aliphatic carbocycles. The molecule has 5 nitrogen and oxygen atoms in total. The van der Waals surface area contributed by atoms with Gasteiger partial charge in [-0.3, -0.25) is 0 Å². The average molecular weight is 325 g/mol. The minimum Gasteiger partial charge on any atom is -0.487 e. The van der Waals surface area contributed by atoms with Crippen molar-refractivity contribution in [1.29, 1.82) is 0 Å². The molecule has 0 aromatic carbocycles. The largest absolute Gasteiger partial charge is 0.487 e. The van der Waals surface area contributed by atoms with E-state index in [0.29, 0.717) is 23.8 Å². The molecule has 2 aromatic rings. The predicted octanol–water partition coefficient (Wildman–Crippen LogP) is 2.32. The van der Waals surface area contributed by atoms with Gasteiger partial charge in [0.25, 0.3) is 0 Å². The normalized spacial score (nSPS) is 10.3. The van der Waals surface area contributed by atoms with Crippen LogP contribution in [0.4, 0.5) is 0 Å². The van der Waals surface area contributed by atoms with E-state index in [1.165, 1.54) is 13.3 Å². The van der Waals surface area contributed by atoms with Crippen LogP contribution >= 0.6 is 15.9 Å². The van der Waals surface area contributed by atoms with Crippen molar-refractivity contribution >= 4 is 15.9 Å². The van der Waals surface area contributed by atoms with Crippen molar-refractivity contribution in [3.8, 4) is 11.6 Å². The number of aliphatic hydroxyl groups excluding tert-OH is 1. The summed E-state index contributed by atoms with van der Waals surface area (Å²) in [5.74, 6) is 0.970. The highest BCUT2D eigenvalue weighted by atomic mass is 79.9. The second kappa shape index (κ2) is 6.49. The molecule has 0 saturated carbocycles. The van der Waals surface area contributed by atoms with E-state index in [0.717, 1.165) is 10.2 Å². The lowest BCUT2D eigenvalue weighted by Gasteiger charge is -2.11. The third-order valence-corrected chi connectivity index (χ3v) is 3.24. The van der Waals surface area contributed by atoms with Crippen LogP contribution in [0.1, 0.15) is 11.1 Å². The molecule has 0 atom stereocenters. The van der Waals surface area contributed by atoms with Crippen LogP contribution in [0.15, 0.2) is 35.2 Å². The fourth-order valence-electron chi connectivity index (χ4n) is 1.51.